The number of aryl methyl sites for hydroxylation is 1. The summed E-state index contributed by atoms with van der Waals surface area (Å²) >= 11 is 0. The number of carbonyl (C=O) groups excluding carboxylic acids is 1. The molecule has 0 radical (unpaired) electrons. The fourth-order valence-corrected chi connectivity index (χ4v) is 4.29. The largest absolute Gasteiger partial charge is 0.490 e. The van der Waals surface area contributed by atoms with Gasteiger partial charge in [0.15, 0.2) is 0 Å². The number of aromatic nitrogens is 1. The molecule has 1 saturated carbocycles. The van der Waals surface area contributed by atoms with Gasteiger partial charge in [-0.2, -0.15) is 0 Å². The molecular formula is C25H26N2O2. The summed E-state index contributed by atoms with van der Waals surface area (Å²) in [5.41, 5.74) is 4.63. The second kappa shape index (κ2) is 7.51. The van der Waals surface area contributed by atoms with Crippen LogP contribution in [0.4, 0.5) is 0 Å². The molecule has 1 aliphatic heterocycles. The molecule has 2 fully saturated rings. The molecule has 0 atom stereocenters. The van der Waals surface area contributed by atoms with E-state index in [1.165, 1.54) is 22.1 Å². The van der Waals surface area contributed by atoms with E-state index in [1.54, 1.807) is 0 Å². The lowest BCUT2D eigenvalue weighted by molar-refractivity contribution is -0.134. The van der Waals surface area contributed by atoms with Gasteiger partial charge in [0.2, 0.25) is 5.91 Å². The highest BCUT2D eigenvalue weighted by Gasteiger charge is 2.35. The molecule has 29 heavy (non-hydrogen) atoms. The highest BCUT2D eigenvalue weighted by Crippen LogP contribution is 2.33. The summed E-state index contributed by atoms with van der Waals surface area (Å²) in [5.74, 6) is 1.57. The summed E-state index contributed by atoms with van der Waals surface area (Å²) in [6.07, 6.45) is 6.02. The van der Waals surface area contributed by atoms with Gasteiger partial charge in [0, 0.05) is 43.4 Å². The number of ether oxygens (including phenoxy) is 1. The molecule has 2 aliphatic rings. The van der Waals surface area contributed by atoms with Gasteiger partial charge in [-0.05, 0) is 54.7 Å². The predicted octanol–water partition coefficient (Wildman–Crippen LogP) is 4.99. The highest BCUT2D eigenvalue weighted by atomic mass is 16.5. The van der Waals surface area contributed by atoms with Crippen molar-refractivity contribution < 1.29 is 9.53 Å². The predicted molar refractivity (Wildman–Crippen MR) is 115 cm³/mol. The fourth-order valence-electron chi connectivity index (χ4n) is 4.29. The molecule has 2 aromatic carbocycles. The second-order valence-electron chi connectivity index (χ2n) is 8.25. The number of benzene rings is 2. The first-order valence-corrected chi connectivity index (χ1v) is 10.6. The van der Waals surface area contributed by atoms with Crippen molar-refractivity contribution in [2.75, 3.05) is 13.1 Å². The Morgan fingerprint density at radius 3 is 2.48 bits per heavy atom. The van der Waals surface area contributed by atoms with Crippen LogP contribution in [-0.2, 0) is 4.79 Å². The lowest BCUT2D eigenvalue weighted by Crippen LogP contribution is -2.42. The van der Waals surface area contributed by atoms with Crippen molar-refractivity contribution in [3.8, 4) is 16.9 Å². The first kappa shape index (κ1) is 18.2. The summed E-state index contributed by atoms with van der Waals surface area (Å²) in [6, 6.07) is 16.7. The van der Waals surface area contributed by atoms with Gasteiger partial charge in [0.05, 0.1) is 5.52 Å². The minimum absolute atomic E-state index is 0.190. The van der Waals surface area contributed by atoms with Crippen LogP contribution in [0.15, 0.2) is 54.7 Å². The van der Waals surface area contributed by atoms with Crippen molar-refractivity contribution in [2.24, 2.45) is 5.92 Å². The average Bonchev–Trinajstić information content (AvgIpc) is 3.61. The SMILES string of the molecule is Cc1c(-c2ccc(OC3CCN(C(=O)C4CC4)CC3)cc2)ccc2cccnc12. The average molecular weight is 386 g/mol. The van der Waals surface area contributed by atoms with Gasteiger partial charge in [0.25, 0.3) is 0 Å². The topological polar surface area (TPSA) is 42.4 Å². The molecule has 0 bridgehead atoms. The van der Waals surface area contributed by atoms with Crippen LogP contribution in [0, 0.1) is 12.8 Å². The summed E-state index contributed by atoms with van der Waals surface area (Å²) in [5, 5.41) is 1.17. The third-order valence-corrected chi connectivity index (χ3v) is 6.18. The molecule has 0 spiro atoms. The van der Waals surface area contributed by atoms with E-state index in [2.05, 4.69) is 54.4 Å². The van der Waals surface area contributed by atoms with E-state index >= 15 is 0 Å². The van der Waals surface area contributed by atoms with Crippen molar-refractivity contribution >= 4 is 16.8 Å². The van der Waals surface area contributed by atoms with E-state index in [1.807, 2.05) is 17.2 Å². The number of hydrogen-bond acceptors (Lipinski definition) is 3. The summed E-state index contributed by atoms with van der Waals surface area (Å²) in [4.78, 5) is 18.8. The molecule has 3 aromatic rings. The zero-order valence-corrected chi connectivity index (χ0v) is 16.8. The first-order chi connectivity index (χ1) is 14.2. The van der Waals surface area contributed by atoms with E-state index in [9.17, 15) is 4.79 Å². The van der Waals surface area contributed by atoms with E-state index in [0.717, 1.165) is 50.0 Å². The standard InChI is InChI=1S/C25H26N2O2/c1-17-23(11-8-19-3-2-14-26-24(17)19)18-6-9-21(10-7-18)29-22-12-15-27(16-13-22)25(28)20-4-5-20/h2-3,6-11,14,20,22H,4-5,12-13,15-16H2,1H3. The van der Waals surface area contributed by atoms with Gasteiger partial charge in [-0.3, -0.25) is 9.78 Å². The van der Waals surface area contributed by atoms with Crippen LogP contribution < -0.4 is 4.74 Å². The Morgan fingerprint density at radius 1 is 1.00 bits per heavy atom. The molecule has 4 nitrogen and oxygen atoms in total. The van der Waals surface area contributed by atoms with Crippen LogP contribution in [0.3, 0.4) is 0 Å². The molecule has 4 heteroatoms. The van der Waals surface area contributed by atoms with Gasteiger partial charge >= 0.3 is 0 Å². The number of carbonyl (C=O) groups is 1. The third kappa shape index (κ3) is 3.71. The molecule has 1 amide bonds. The fraction of sp³-hybridized carbons (Fsp3) is 0.360. The number of likely N-dealkylation sites (tertiary alicyclic amines) is 1. The number of fused-ring (bicyclic) bond motifs is 1. The zero-order chi connectivity index (χ0) is 19.8. The number of piperidine rings is 1. The van der Waals surface area contributed by atoms with Gasteiger partial charge in [-0.15, -0.1) is 0 Å². The van der Waals surface area contributed by atoms with Crippen molar-refractivity contribution in [3.05, 3.63) is 60.3 Å². The lowest BCUT2D eigenvalue weighted by Gasteiger charge is -2.32. The van der Waals surface area contributed by atoms with Crippen molar-refractivity contribution in [3.63, 3.8) is 0 Å². The normalized spacial score (nSPS) is 17.5. The Labute approximate surface area is 171 Å². The van der Waals surface area contributed by atoms with Crippen molar-refractivity contribution in [1.29, 1.82) is 0 Å². The van der Waals surface area contributed by atoms with E-state index in [-0.39, 0.29) is 6.10 Å². The van der Waals surface area contributed by atoms with Crippen LogP contribution in [0.2, 0.25) is 0 Å². The molecule has 2 heterocycles. The van der Waals surface area contributed by atoms with E-state index < -0.39 is 0 Å². The van der Waals surface area contributed by atoms with Gasteiger partial charge in [-0.25, -0.2) is 0 Å². The smallest absolute Gasteiger partial charge is 0.225 e. The van der Waals surface area contributed by atoms with Crippen LogP contribution in [0.5, 0.6) is 5.75 Å². The third-order valence-electron chi connectivity index (χ3n) is 6.18. The number of nitrogens with zero attached hydrogens (tertiary/aromatic N) is 2. The molecule has 148 valence electrons. The number of hydrogen-bond donors (Lipinski definition) is 0. The molecule has 1 aliphatic carbocycles. The van der Waals surface area contributed by atoms with Crippen molar-refractivity contribution in [2.45, 2.75) is 38.7 Å². The molecule has 1 aromatic heterocycles. The molecular weight excluding hydrogens is 360 g/mol. The van der Waals surface area contributed by atoms with Crippen LogP contribution in [0.1, 0.15) is 31.2 Å². The number of rotatable bonds is 4. The van der Waals surface area contributed by atoms with Crippen molar-refractivity contribution in [1.82, 2.24) is 9.88 Å². The molecule has 0 N–H and O–H groups in total. The minimum atomic E-state index is 0.190. The Kier molecular flexibility index (Phi) is 4.70. The Balaban J connectivity index is 1.25. The van der Waals surface area contributed by atoms with Crippen LogP contribution in [0.25, 0.3) is 22.0 Å². The maximum atomic E-state index is 12.2. The molecule has 1 saturated heterocycles. The lowest BCUT2D eigenvalue weighted by atomic mass is 9.98. The molecule has 5 rings (SSSR count). The zero-order valence-electron chi connectivity index (χ0n) is 16.8. The highest BCUT2D eigenvalue weighted by molar-refractivity contribution is 5.88. The van der Waals surface area contributed by atoms with Gasteiger partial charge in [-0.1, -0.05) is 30.3 Å². The van der Waals surface area contributed by atoms with Gasteiger partial charge in [0.1, 0.15) is 11.9 Å². The summed E-state index contributed by atoms with van der Waals surface area (Å²) in [7, 11) is 0. The monoisotopic (exact) mass is 386 g/mol. The van der Waals surface area contributed by atoms with E-state index in [4.69, 9.17) is 4.74 Å². The quantitative estimate of drug-likeness (QED) is 0.634. The maximum Gasteiger partial charge on any atom is 0.225 e. The number of amides is 1. The van der Waals surface area contributed by atoms with E-state index in [0.29, 0.717) is 11.8 Å². The number of pyridine rings is 1. The molecule has 0 unspecified atom stereocenters. The first-order valence-electron chi connectivity index (χ1n) is 10.6. The maximum absolute atomic E-state index is 12.2. The van der Waals surface area contributed by atoms with Crippen LogP contribution in [-0.4, -0.2) is 35.0 Å². The van der Waals surface area contributed by atoms with Crippen LogP contribution >= 0.6 is 0 Å². The minimum Gasteiger partial charge on any atom is -0.490 e. The summed E-state index contributed by atoms with van der Waals surface area (Å²) < 4.78 is 6.20. The van der Waals surface area contributed by atoms with Gasteiger partial charge < -0.3 is 9.64 Å². The Hall–Kier alpha value is -2.88. The summed E-state index contributed by atoms with van der Waals surface area (Å²) in [6.45, 7) is 3.77. The Morgan fingerprint density at radius 2 is 1.76 bits per heavy atom. The second-order valence-corrected chi connectivity index (χ2v) is 8.25. The Bertz CT molecular complexity index is 1030.